The number of carbonyl (C=O) groups is 1. The van der Waals surface area contributed by atoms with Gasteiger partial charge in [-0.05, 0) is 56.2 Å². The summed E-state index contributed by atoms with van der Waals surface area (Å²) in [4.78, 5) is 12.8. The first kappa shape index (κ1) is 21.3. The van der Waals surface area contributed by atoms with Crippen LogP contribution in [-0.4, -0.2) is 51.0 Å². The Morgan fingerprint density at radius 2 is 1.97 bits per heavy atom. The Morgan fingerprint density at radius 3 is 2.63 bits per heavy atom. The van der Waals surface area contributed by atoms with E-state index >= 15 is 0 Å². The number of nitrogens with one attached hydrogen (secondary N) is 1. The van der Waals surface area contributed by atoms with Crippen molar-refractivity contribution in [3.05, 3.63) is 29.5 Å². The molecule has 0 bridgehead atoms. The Bertz CT molecular complexity index is 1030. The van der Waals surface area contributed by atoms with Crippen LogP contribution in [0.1, 0.15) is 49.2 Å². The molecule has 2 aliphatic rings. The standard InChI is InChI=1S/C22H30N2O5S/c1-14-9-15(2)13-24(12-14)30(26,27)18-6-7-20-19(10-18)16(3)21(29-20)22(25)23-11-17-5-4-8-28-17/h6-7,10,14-15,17H,4-5,8-9,11-13H2,1-3H3,(H,23,25)/t14-,15+,17-/m0/s1. The number of aryl methyl sites for hydroxylation is 1. The van der Waals surface area contributed by atoms with Crippen molar-refractivity contribution >= 4 is 26.9 Å². The molecule has 2 aromatic rings. The molecule has 1 N–H and O–H groups in total. The second-order valence-corrected chi connectivity index (χ2v) is 10.8. The lowest BCUT2D eigenvalue weighted by molar-refractivity contribution is 0.0836. The van der Waals surface area contributed by atoms with E-state index in [1.807, 2.05) is 0 Å². The van der Waals surface area contributed by atoms with Gasteiger partial charge in [-0.15, -0.1) is 0 Å². The molecule has 0 aliphatic carbocycles. The third-order valence-corrected chi connectivity index (χ3v) is 7.93. The van der Waals surface area contributed by atoms with Crippen LogP contribution in [-0.2, 0) is 14.8 Å². The van der Waals surface area contributed by atoms with Gasteiger partial charge in [-0.3, -0.25) is 4.79 Å². The predicted octanol–water partition coefficient (Wildman–Crippen LogP) is 3.32. The number of hydrogen-bond acceptors (Lipinski definition) is 5. The number of ether oxygens (including phenoxy) is 1. The van der Waals surface area contributed by atoms with Gasteiger partial charge >= 0.3 is 0 Å². The molecular weight excluding hydrogens is 404 g/mol. The monoisotopic (exact) mass is 434 g/mol. The van der Waals surface area contributed by atoms with E-state index in [1.165, 1.54) is 0 Å². The Balaban J connectivity index is 1.58. The Labute approximate surface area is 177 Å². The molecule has 1 amide bonds. The van der Waals surface area contributed by atoms with Crippen molar-refractivity contribution in [1.82, 2.24) is 9.62 Å². The summed E-state index contributed by atoms with van der Waals surface area (Å²) in [7, 11) is -3.59. The first-order valence-corrected chi connectivity index (χ1v) is 12.1. The van der Waals surface area contributed by atoms with Crippen molar-refractivity contribution in [2.24, 2.45) is 11.8 Å². The van der Waals surface area contributed by atoms with E-state index in [0.717, 1.165) is 25.9 Å². The lowest BCUT2D eigenvalue weighted by Gasteiger charge is -2.34. The number of fused-ring (bicyclic) bond motifs is 1. The molecule has 1 aromatic heterocycles. The van der Waals surface area contributed by atoms with Gasteiger partial charge in [-0.25, -0.2) is 8.42 Å². The zero-order valence-corrected chi connectivity index (χ0v) is 18.6. The molecule has 0 radical (unpaired) electrons. The number of benzene rings is 1. The predicted molar refractivity (Wildman–Crippen MR) is 114 cm³/mol. The molecule has 164 valence electrons. The Morgan fingerprint density at radius 1 is 1.23 bits per heavy atom. The largest absolute Gasteiger partial charge is 0.451 e. The van der Waals surface area contributed by atoms with Crippen LogP contribution in [0.4, 0.5) is 0 Å². The van der Waals surface area contributed by atoms with Gasteiger partial charge in [-0.2, -0.15) is 4.31 Å². The maximum atomic E-state index is 13.2. The number of hydrogen-bond donors (Lipinski definition) is 1. The normalized spacial score (nSPS) is 25.6. The molecule has 3 heterocycles. The van der Waals surface area contributed by atoms with Crippen LogP contribution in [0.5, 0.6) is 0 Å². The molecule has 0 unspecified atom stereocenters. The first-order valence-electron chi connectivity index (χ1n) is 10.7. The highest BCUT2D eigenvalue weighted by molar-refractivity contribution is 7.89. The summed E-state index contributed by atoms with van der Waals surface area (Å²) in [5, 5.41) is 3.51. The number of nitrogens with zero attached hydrogens (tertiary/aromatic N) is 1. The van der Waals surface area contributed by atoms with Gasteiger partial charge in [0.05, 0.1) is 11.0 Å². The molecule has 2 fully saturated rings. The highest BCUT2D eigenvalue weighted by atomic mass is 32.2. The van der Waals surface area contributed by atoms with Crippen molar-refractivity contribution in [1.29, 1.82) is 0 Å². The summed E-state index contributed by atoms with van der Waals surface area (Å²) < 4.78 is 39.3. The minimum Gasteiger partial charge on any atom is -0.451 e. The van der Waals surface area contributed by atoms with Gasteiger partial charge < -0.3 is 14.5 Å². The maximum Gasteiger partial charge on any atom is 0.287 e. The van der Waals surface area contributed by atoms with Crippen LogP contribution in [0, 0.1) is 18.8 Å². The minimum absolute atomic E-state index is 0.0460. The fourth-order valence-corrected chi connectivity index (χ4v) is 6.33. The topological polar surface area (TPSA) is 88.8 Å². The maximum absolute atomic E-state index is 13.2. The molecule has 2 saturated heterocycles. The van der Waals surface area contributed by atoms with Crippen LogP contribution < -0.4 is 5.32 Å². The van der Waals surface area contributed by atoms with Gasteiger partial charge in [0.2, 0.25) is 10.0 Å². The van der Waals surface area contributed by atoms with Gasteiger partial charge in [0, 0.05) is 37.2 Å². The highest BCUT2D eigenvalue weighted by Crippen LogP contribution is 2.31. The van der Waals surface area contributed by atoms with E-state index < -0.39 is 10.0 Å². The molecule has 0 spiro atoms. The zero-order chi connectivity index (χ0) is 21.5. The SMILES string of the molecule is Cc1c(C(=O)NC[C@@H]2CCCO2)oc2ccc(S(=O)(=O)N3C[C@H](C)C[C@H](C)C3)cc12. The summed E-state index contributed by atoms with van der Waals surface area (Å²) in [6.07, 6.45) is 3.03. The summed E-state index contributed by atoms with van der Waals surface area (Å²) in [6.45, 7) is 8.20. The van der Waals surface area contributed by atoms with Gasteiger partial charge in [0.25, 0.3) is 5.91 Å². The molecule has 3 atom stereocenters. The average molecular weight is 435 g/mol. The molecule has 8 heteroatoms. The van der Waals surface area contributed by atoms with Gasteiger partial charge in [0.1, 0.15) is 5.58 Å². The summed E-state index contributed by atoms with van der Waals surface area (Å²) in [5.74, 6) is 0.587. The number of furan rings is 1. The van der Waals surface area contributed by atoms with Crippen LogP contribution >= 0.6 is 0 Å². The third-order valence-electron chi connectivity index (χ3n) is 6.10. The molecule has 2 aliphatic heterocycles. The number of carbonyl (C=O) groups excluding carboxylic acids is 1. The van der Waals surface area contributed by atoms with Crippen molar-refractivity contribution in [2.45, 2.75) is 51.0 Å². The lowest BCUT2D eigenvalue weighted by Crippen LogP contribution is -2.42. The van der Waals surface area contributed by atoms with E-state index in [4.69, 9.17) is 9.15 Å². The Kier molecular flexibility index (Phi) is 5.92. The summed E-state index contributed by atoms with van der Waals surface area (Å²) >= 11 is 0. The second kappa shape index (κ2) is 8.32. The third kappa shape index (κ3) is 4.13. The van der Waals surface area contributed by atoms with E-state index in [-0.39, 0.29) is 22.7 Å². The van der Waals surface area contributed by atoms with E-state index in [9.17, 15) is 13.2 Å². The zero-order valence-electron chi connectivity index (χ0n) is 17.8. The first-order chi connectivity index (χ1) is 14.3. The fraction of sp³-hybridized carbons (Fsp3) is 0.591. The van der Waals surface area contributed by atoms with Crippen molar-refractivity contribution < 1.29 is 22.4 Å². The minimum atomic E-state index is -3.59. The van der Waals surface area contributed by atoms with Crippen LogP contribution in [0.2, 0.25) is 0 Å². The number of piperidine rings is 1. The van der Waals surface area contributed by atoms with E-state index in [2.05, 4.69) is 19.2 Å². The van der Waals surface area contributed by atoms with Gasteiger partial charge in [0.15, 0.2) is 5.76 Å². The molecule has 0 saturated carbocycles. The van der Waals surface area contributed by atoms with Crippen LogP contribution in [0.25, 0.3) is 11.0 Å². The quantitative estimate of drug-likeness (QED) is 0.780. The van der Waals surface area contributed by atoms with Crippen molar-refractivity contribution in [3.63, 3.8) is 0 Å². The number of rotatable bonds is 5. The molecule has 4 rings (SSSR count). The fourth-order valence-electron chi connectivity index (χ4n) is 4.62. The van der Waals surface area contributed by atoms with Crippen molar-refractivity contribution in [2.75, 3.05) is 26.2 Å². The van der Waals surface area contributed by atoms with Crippen molar-refractivity contribution in [3.8, 4) is 0 Å². The molecule has 7 nitrogen and oxygen atoms in total. The average Bonchev–Trinajstić information content (AvgIpc) is 3.33. The number of sulfonamides is 1. The number of amides is 1. The smallest absolute Gasteiger partial charge is 0.287 e. The summed E-state index contributed by atoms with van der Waals surface area (Å²) in [5.41, 5.74) is 1.15. The van der Waals surface area contributed by atoms with Crippen LogP contribution in [0.3, 0.4) is 0 Å². The molecular formula is C22H30N2O5S. The van der Waals surface area contributed by atoms with Gasteiger partial charge in [-0.1, -0.05) is 13.8 Å². The molecule has 1 aromatic carbocycles. The van der Waals surface area contributed by atoms with E-state index in [1.54, 1.807) is 29.4 Å². The highest BCUT2D eigenvalue weighted by Gasteiger charge is 2.32. The lowest BCUT2D eigenvalue weighted by atomic mass is 9.94. The molecule has 30 heavy (non-hydrogen) atoms. The summed E-state index contributed by atoms with van der Waals surface area (Å²) in [6, 6.07) is 4.84. The Hall–Kier alpha value is -1.90. The van der Waals surface area contributed by atoms with Crippen LogP contribution in [0.15, 0.2) is 27.5 Å². The van der Waals surface area contributed by atoms with E-state index in [0.29, 0.717) is 48.0 Å². The second-order valence-electron chi connectivity index (χ2n) is 8.83.